The number of thiazole rings is 1. The average Bonchev–Trinajstić information content (AvgIpc) is 3.77. The van der Waals surface area contributed by atoms with E-state index in [2.05, 4.69) is 40.4 Å². The molecule has 0 radical (unpaired) electrons. The third-order valence-electron chi connectivity index (χ3n) is 8.28. The van der Waals surface area contributed by atoms with Crippen molar-refractivity contribution in [1.29, 1.82) is 0 Å². The van der Waals surface area contributed by atoms with Gasteiger partial charge in [0.05, 0.1) is 11.2 Å². The van der Waals surface area contributed by atoms with Crippen LogP contribution in [0.4, 0.5) is 10.8 Å². The number of rotatable bonds is 8. The third kappa shape index (κ3) is 5.68. The molecular formula is C29H34N8O2S2. The predicted molar refractivity (Wildman–Crippen MR) is 166 cm³/mol. The number of H-pyrrole nitrogens is 1. The summed E-state index contributed by atoms with van der Waals surface area (Å²) in [5.74, 6) is 0.227. The van der Waals surface area contributed by atoms with Crippen molar-refractivity contribution in [2.45, 2.75) is 30.9 Å². The number of likely N-dealkylation sites (tertiary alicyclic amines) is 1. The highest BCUT2D eigenvalue weighted by Gasteiger charge is 2.44. The second-order valence-corrected chi connectivity index (χ2v) is 12.9. The van der Waals surface area contributed by atoms with Crippen LogP contribution in [0.3, 0.4) is 0 Å². The number of amides is 1. The van der Waals surface area contributed by atoms with Gasteiger partial charge >= 0.3 is 0 Å². The summed E-state index contributed by atoms with van der Waals surface area (Å²) >= 11 is 3.25. The highest BCUT2D eigenvalue weighted by molar-refractivity contribution is 8.00. The largest absolute Gasteiger partial charge is 0.411 e. The lowest BCUT2D eigenvalue weighted by Crippen LogP contribution is -2.44. The summed E-state index contributed by atoms with van der Waals surface area (Å²) < 4.78 is -0.578. The van der Waals surface area contributed by atoms with E-state index < -0.39 is 4.75 Å². The fourth-order valence-electron chi connectivity index (χ4n) is 5.93. The standard InChI is InChI=1S/C29H34N8O2S2/c1-19-15-21(5-9-30-19)26-23-16-22(3-4-24(23)33-34-26)32-27(38)29(40-2)8-13-36(18-29)17-25(35-39)20-6-11-37(12-7-20)28-31-10-14-41-28/h3-5,9-10,14-16,20,39H,6-8,11-13,17-18H2,1-2H3,(H,32,38)(H,33,34)/b35-25+/t29-/m0/s1. The van der Waals surface area contributed by atoms with Gasteiger partial charge in [0, 0.05) is 78.7 Å². The quantitative estimate of drug-likeness (QED) is 0.151. The molecule has 3 aromatic heterocycles. The highest BCUT2D eigenvalue weighted by Crippen LogP contribution is 2.36. The van der Waals surface area contributed by atoms with Gasteiger partial charge in [-0.25, -0.2) is 4.98 Å². The monoisotopic (exact) mass is 590 g/mol. The maximum Gasteiger partial charge on any atom is 0.241 e. The van der Waals surface area contributed by atoms with Crippen molar-refractivity contribution in [2.75, 3.05) is 49.2 Å². The zero-order chi connectivity index (χ0) is 28.4. The molecule has 0 bridgehead atoms. The van der Waals surface area contributed by atoms with Crippen LogP contribution in [-0.4, -0.2) is 85.6 Å². The number of piperidine rings is 1. The molecule has 214 valence electrons. The van der Waals surface area contributed by atoms with Crippen molar-refractivity contribution < 1.29 is 10.0 Å². The summed E-state index contributed by atoms with van der Waals surface area (Å²) in [5, 5.41) is 28.5. The molecule has 4 aromatic rings. The summed E-state index contributed by atoms with van der Waals surface area (Å²) in [4.78, 5) is 27.0. The van der Waals surface area contributed by atoms with Gasteiger partial charge in [0.2, 0.25) is 5.91 Å². The number of thioether (sulfide) groups is 1. The molecule has 2 aliphatic rings. The second kappa shape index (κ2) is 11.8. The number of aromatic nitrogens is 4. The second-order valence-electron chi connectivity index (χ2n) is 10.8. The van der Waals surface area contributed by atoms with E-state index in [1.54, 1.807) is 29.3 Å². The molecule has 10 nitrogen and oxygen atoms in total. The summed E-state index contributed by atoms with van der Waals surface area (Å²) in [6, 6.07) is 9.79. The summed E-state index contributed by atoms with van der Waals surface area (Å²) in [5.41, 5.74) is 5.20. The molecule has 0 saturated carbocycles. The zero-order valence-corrected chi connectivity index (χ0v) is 24.8. The number of aromatic amines is 1. The Balaban J connectivity index is 1.11. The van der Waals surface area contributed by atoms with Crippen molar-refractivity contribution in [1.82, 2.24) is 25.1 Å². The van der Waals surface area contributed by atoms with Gasteiger partial charge in [-0.3, -0.25) is 19.8 Å². The van der Waals surface area contributed by atoms with Gasteiger partial charge in [0.25, 0.3) is 0 Å². The topological polar surface area (TPSA) is 123 Å². The number of pyridine rings is 1. The lowest BCUT2D eigenvalue weighted by atomic mass is 9.91. The van der Waals surface area contributed by atoms with Gasteiger partial charge in [-0.2, -0.15) is 5.10 Å². The summed E-state index contributed by atoms with van der Waals surface area (Å²) in [6.07, 6.45) is 8.21. The van der Waals surface area contributed by atoms with E-state index in [1.807, 2.05) is 55.1 Å². The van der Waals surface area contributed by atoms with Gasteiger partial charge in [-0.15, -0.1) is 23.1 Å². The van der Waals surface area contributed by atoms with Crippen LogP contribution < -0.4 is 10.2 Å². The van der Waals surface area contributed by atoms with Crippen molar-refractivity contribution in [3.8, 4) is 11.3 Å². The fourth-order valence-corrected chi connectivity index (χ4v) is 7.48. The average molecular weight is 591 g/mol. The number of fused-ring (bicyclic) bond motifs is 1. The molecule has 6 rings (SSSR count). The van der Waals surface area contributed by atoms with E-state index in [4.69, 9.17) is 0 Å². The summed E-state index contributed by atoms with van der Waals surface area (Å²) in [6.45, 7) is 5.71. The first-order valence-electron chi connectivity index (χ1n) is 13.8. The molecule has 12 heteroatoms. The van der Waals surface area contributed by atoms with Crippen LogP contribution in [0.15, 0.2) is 53.3 Å². The van der Waals surface area contributed by atoms with E-state index >= 15 is 0 Å². The van der Waals surface area contributed by atoms with Crippen molar-refractivity contribution in [2.24, 2.45) is 11.1 Å². The molecule has 5 heterocycles. The number of nitrogens with zero attached hydrogens (tertiary/aromatic N) is 6. The van der Waals surface area contributed by atoms with Crippen LogP contribution in [0.1, 0.15) is 25.0 Å². The van der Waals surface area contributed by atoms with Crippen LogP contribution in [0.2, 0.25) is 0 Å². The molecule has 3 N–H and O–H groups in total. The van der Waals surface area contributed by atoms with E-state index in [9.17, 15) is 10.0 Å². The fraction of sp³-hybridized carbons (Fsp3) is 0.414. The van der Waals surface area contributed by atoms with Crippen LogP contribution in [-0.2, 0) is 4.79 Å². The highest BCUT2D eigenvalue weighted by atomic mass is 32.2. The molecule has 2 aliphatic heterocycles. The minimum atomic E-state index is -0.578. The number of carbonyl (C=O) groups excluding carboxylic acids is 1. The SMILES string of the molecule is CS[C@@]1(C(=O)Nc2ccc3[nH]nc(-c4ccnc(C)c4)c3c2)CCN(C/C(=N\O)C2CCN(c3nccs3)CC2)C1. The van der Waals surface area contributed by atoms with Crippen molar-refractivity contribution in [3.63, 3.8) is 0 Å². The number of anilines is 2. The van der Waals surface area contributed by atoms with Gasteiger partial charge in [-0.05, 0) is 62.8 Å². The van der Waals surface area contributed by atoms with E-state index in [0.717, 1.165) is 83.3 Å². The first-order valence-corrected chi connectivity index (χ1v) is 15.9. The molecule has 0 aliphatic carbocycles. The Hall–Kier alpha value is -3.48. The van der Waals surface area contributed by atoms with Gasteiger partial charge in [0.15, 0.2) is 5.13 Å². The first-order chi connectivity index (χ1) is 20.0. The van der Waals surface area contributed by atoms with Crippen molar-refractivity contribution >= 4 is 56.4 Å². The molecule has 1 amide bonds. The molecule has 0 spiro atoms. The summed E-state index contributed by atoms with van der Waals surface area (Å²) in [7, 11) is 0. The van der Waals surface area contributed by atoms with Gasteiger partial charge in [-0.1, -0.05) is 5.16 Å². The Morgan fingerprint density at radius 3 is 2.80 bits per heavy atom. The van der Waals surface area contributed by atoms with E-state index in [-0.39, 0.29) is 11.8 Å². The minimum absolute atomic E-state index is 0.00380. The normalized spacial score (nSPS) is 20.6. The van der Waals surface area contributed by atoms with E-state index in [0.29, 0.717) is 13.1 Å². The Kier molecular flexibility index (Phi) is 7.96. The Bertz CT molecular complexity index is 1550. The van der Waals surface area contributed by atoms with Crippen molar-refractivity contribution in [3.05, 3.63) is 53.8 Å². The number of oxime groups is 1. The number of carbonyl (C=O) groups is 1. The maximum atomic E-state index is 13.7. The number of hydrogen-bond donors (Lipinski definition) is 3. The smallest absolute Gasteiger partial charge is 0.241 e. The molecule has 1 aromatic carbocycles. The predicted octanol–water partition coefficient (Wildman–Crippen LogP) is 4.88. The van der Waals surface area contributed by atoms with Crippen LogP contribution in [0, 0.1) is 12.8 Å². The molecule has 1 atom stereocenters. The number of aryl methyl sites for hydroxylation is 1. The molecule has 2 fully saturated rings. The zero-order valence-electron chi connectivity index (χ0n) is 23.2. The molecule has 0 unspecified atom stereocenters. The molecule has 41 heavy (non-hydrogen) atoms. The van der Waals surface area contributed by atoms with Crippen LogP contribution in [0.5, 0.6) is 0 Å². The molecular weight excluding hydrogens is 557 g/mol. The van der Waals surface area contributed by atoms with Crippen LogP contribution in [0.25, 0.3) is 22.2 Å². The van der Waals surface area contributed by atoms with Crippen LogP contribution >= 0.6 is 23.1 Å². The van der Waals surface area contributed by atoms with E-state index in [1.165, 1.54) is 0 Å². The van der Waals surface area contributed by atoms with Gasteiger partial charge < -0.3 is 15.4 Å². The Morgan fingerprint density at radius 1 is 1.22 bits per heavy atom. The maximum absolute atomic E-state index is 13.7. The van der Waals surface area contributed by atoms with Gasteiger partial charge in [0.1, 0.15) is 10.4 Å². The third-order valence-corrected chi connectivity index (χ3v) is 10.4. The lowest BCUT2D eigenvalue weighted by Gasteiger charge is -2.33. The Morgan fingerprint density at radius 2 is 2.07 bits per heavy atom. The Labute approximate surface area is 247 Å². The number of nitrogens with one attached hydrogen (secondary N) is 2. The number of benzene rings is 1. The minimum Gasteiger partial charge on any atom is -0.411 e. The number of hydrogen-bond acceptors (Lipinski definition) is 10. The lowest BCUT2D eigenvalue weighted by molar-refractivity contribution is -0.118. The first kappa shape index (κ1) is 27.7. The molecule has 2 saturated heterocycles.